The van der Waals surface area contributed by atoms with Gasteiger partial charge in [0.05, 0.1) is 0 Å². The van der Waals surface area contributed by atoms with Crippen molar-refractivity contribution in [1.29, 1.82) is 0 Å². The van der Waals surface area contributed by atoms with Crippen molar-refractivity contribution in [2.75, 3.05) is 5.73 Å². The molecule has 1 aromatic heterocycles. The first-order valence-corrected chi connectivity index (χ1v) is 4.50. The summed E-state index contributed by atoms with van der Waals surface area (Å²) >= 11 is 0. The van der Waals surface area contributed by atoms with Crippen molar-refractivity contribution >= 4 is 12.0 Å². The van der Waals surface area contributed by atoms with E-state index in [1.807, 2.05) is 0 Å². The Balaban J connectivity index is 2.50. The minimum atomic E-state index is -1.56. The van der Waals surface area contributed by atoms with Gasteiger partial charge in [-0.15, -0.1) is 0 Å². The lowest BCUT2D eigenvalue weighted by Gasteiger charge is -2.00. The van der Waals surface area contributed by atoms with Gasteiger partial charge in [0.2, 0.25) is 5.88 Å². The van der Waals surface area contributed by atoms with Gasteiger partial charge in [-0.25, -0.2) is 9.18 Å². The summed E-state index contributed by atoms with van der Waals surface area (Å²) in [5.41, 5.74) is 5.90. The molecule has 0 unspecified atom stereocenters. The zero-order valence-electron chi connectivity index (χ0n) is 8.38. The van der Waals surface area contributed by atoms with E-state index in [1.165, 1.54) is 18.2 Å². The zero-order chi connectivity index (χ0) is 12.4. The smallest absolute Gasteiger partial charge is 0.449 e. The molecular weight excluding hydrogens is 231 g/mol. The lowest BCUT2D eigenvalue weighted by atomic mass is 10.1. The highest BCUT2D eigenvalue weighted by Gasteiger charge is 2.19. The van der Waals surface area contributed by atoms with Crippen molar-refractivity contribution in [2.45, 2.75) is 0 Å². The Bertz CT molecular complexity index is 567. The summed E-state index contributed by atoms with van der Waals surface area (Å²) in [6, 6.07) is 5.38. The maximum absolute atomic E-state index is 13.0. The van der Waals surface area contributed by atoms with Crippen LogP contribution in [-0.4, -0.2) is 16.4 Å². The first-order chi connectivity index (χ1) is 8.08. The Hall–Kier alpha value is -2.57. The third-order valence-electron chi connectivity index (χ3n) is 1.98. The van der Waals surface area contributed by atoms with Crippen LogP contribution in [0.5, 0.6) is 5.88 Å². The molecule has 0 aliphatic heterocycles. The lowest BCUT2D eigenvalue weighted by Crippen LogP contribution is -2.04. The fourth-order valence-electron chi connectivity index (χ4n) is 1.35. The Morgan fingerprint density at radius 2 is 2.29 bits per heavy atom. The number of halogens is 1. The van der Waals surface area contributed by atoms with E-state index in [4.69, 9.17) is 10.8 Å². The Morgan fingerprint density at radius 3 is 2.94 bits per heavy atom. The number of nitrogens with zero attached hydrogens (tertiary/aromatic N) is 1. The number of nitrogens with two attached hydrogens (primary N) is 1. The monoisotopic (exact) mass is 238 g/mol. The van der Waals surface area contributed by atoms with E-state index in [0.717, 1.165) is 6.07 Å². The number of ether oxygens (including phenoxy) is 1. The van der Waals surface area contributed by atoms with Gasteiger partial charge >= 0.3 is 6.16 Å². The molecule has 0 fully saturated rings. The molecule has 17 heavy (non-hydrogen) atoms. The number of aromatic nitrogens is 1. The molecule has 7 heteroatoms. The maximum atomic E-state index is 13.0. The van der Waals surface area contributed by atoms with E-state index >= 15 is 0 Å². The number of rotatable bonds is 2. The van der Waals surface area contributed by atoms with Gasteiger partial charge in [0, 0.05) is 0 Å². The van der Waals surface area contributed by atoms with Crippen LogP contribution in [0, 0.1) is 5.82 Å². The fourth-order valence-corrected chi connectivity index (χ4v) is 1.35. The molecule has 0 spiro atoms. The highest BCUT2D eigenvalue weighted by molar-refractivity contribution is 5.79. The van der Waals surface area contributed by atoms with Crippen LogP contribution in [0.25, 0.3) is 11.1 Å². The Kier molecular flexibility index (Phi) is 2.65. The normalized spacial score (nSPS) is 10.2. The fraction of sp³-hybridized carbons (Fsp3) is 0. The molecule has 0 aliphatic carbocycles. The topological polar surface area (TPSA) is 98.6 Å². The molecule has 2 aromatic rings. The summed E-state index contributed by atoms with van der Waals surface area (Å²) in [6.07, 6.45) is -1.56. The molecule has 0 amide bonds. The number of benzene rings is 1. The summed E-state index contributed by atoms with van der Waals surface area (Å²) in [5.74, 6) is -0.961. The second kappa shape index (κ2) is 4.12. The SMILES string of the molecule is Nc1onc(OC(=O)O)c1-c1cccc(F)c1. The van der Waals surface area contributed by atoms with E-state index in [1.54, 1.807) is 0 Å². The van der Waals surface area contributed by atoms with E-state index in [9.17, 15) is 9.18 Å². The molecular formula is C10H7FN2O4. The Morgan fingerprint density at radius 1 is 1.53 bits per heavy atom. The second-order valence-electron chi connectivity index (χ2n) is 3.11. The van der Waals surface area contributed by atoms with Crippen molar-refractivity contribution in [3.05, 3.63) is 30.1 Å². The summed E-state index contributed by atoms with van der Waals surface area (Å²) in [4.78, 5) is 10.4. The van der Waals surface area contributed by atoms with Gasteiger partial charge in [0.1, 0.15) is 11.4 Å². The van der Waals surface area contributed by atoms with Crippen LogP contribution >= 0.6 is 0 Å². The van der Waals surface area contributed by atoms with Crippen molar-refractivity contribution in [3.8, 4) is 17.0 Å². The third kappa shape index (κ3) is 2.17. The lowest BCUT2D eigenvalue weighted by molar-refractivity contribution is 0.140. The number of hydrogen-bond acceptors (Lipinski definition) is 5. The molecule has 0 saturated carbocycles. The van der Waals surface area contributed by atoms with Gasteiger partial charge < -0.3 is 20.1 Å². The molecule has 0 saturated heterocycles. The van der Waals surface area contributed by atoms with Crippen LogP contribution in [0.4, 0.5) is 15.1 Å². The minimum absolute atomic E-state index is 0.104. The Labute approximate surface area is 94.4 Å². The summed E-state index contributed by atoms with van der Waals surface area (Å²) in [6.45, 7) is 0. The van der Waals surface area contributed by atoms with E-state index < -0.39 is 12.0 Å². The molecule has 0 aliphatic rings. The average Bonchev–Trinajstić information content (AvgIpc) is 2.59. The molecule has 1 aromatic carbocycles. The van der Waals surface area contributed by atoms with Gasteiger partial charge in [-0.05, 0) is 22.9 Å². The third-order valence-corrected chi connectivity index (χ3v) is 1.98. The first kappa shape index (κ1) is 10.9. The number of carbonyl (C=O) groups is 1. The molecule has 0 atom stereocenters. The minimum Gasteiger partial charge on any atom is -0.449 e. The van der Waals surface area contributed by atoms with Crippen LogP contribution in [0.1, 0.15) is 0 Å². The number of carboxylic acid groups (broad SMARTS) is 1. The molecule has 6 nitrogen and oxygen atoms in total. The van der Waals surface area contributed by atoms with Crippen molar-refractivity contribution in [2.24, 2.45) is 0 Å². The molecule has 0 bridgehead atoms. The van der Waals surface area contributed by atoms with Crippen molar-refractivity contribution < 1.29 is 23.6 Å². The standard InChI is InChI=1S/C10H7FN2O4/c11-6-3-1-2-5(4-6)7-8(12)17-13-9(7)16-10(14)15/h1-4H,12H2,(H,14,15). The van der Waals surface area contributed by atoms with Crippen LogP contribution in [-0.2, 0) is 0 Å². The van der Waals surface area contributed by atoms with Crippen LogP contribution in [0.2, 0.25) is 0 Å². The predicted molar refractivity (Wildman–Crippen MR) is 55.0 cm³/mol. The second-order valence-corrected chi connectivity index (χ2v) is 3.11. The van der Waals surface area contributed by atoms with E-state index in [-0.39, 0.29) is 17.3 Å². The highest BCUT2D eigenvalue weighted by atomic mass is 19.1. The predicted octanol–water partition coefficient (Wildman–Crippen LogP) is 2.12. The van der Waals surface area contributed by atoms with Gasteiger partial charge in [0.15, 0.2) is 0 Å². The van der Waals surface area contributed by atoms with Crippen molar-refractivity contribution in [3.63, 3.8) is 0 Å². The highest BCUT2D eigenvalue weighted by Crippen LogP contribution is 2.35. The largest absolute Gasteiger partial charge is 0.512 e. The molecule has 1 heterocycles. The van der Waals surface area contributed by atoms with Crippen LogP contribution < -0.4 is 10.5 Å². The van der Waals surface area contributed by atoms with E-state index in [0.29, 0.717) is 5.56 Å². The van der Waals surface area contributed by atoms with E-state index in [2.05, 4.69) is 14.4 Å². The number of nitrogen functional groups attached to an aromatic ring is 1. The number of anilines is 1. The van der Waals surface area contributed by atoms with Crippen molar-refractivity contribution in [1.82, 2.24) is 5.16 Å². The molecule has 0 radical (unpaired) electrons. The number of hydrogen-bond donors (Lipinski definition) is 2. The maximum Gasteiger partial charge on any atom is 0.512 e. The molecule has 88 valence electrons. The van der Waals surface area contributed by atoms with Crippen LogP contribution in [0.3, 0.4) is 0 Å². The van der Waals surface area contributed by atoms with Gasteiger partial charge in [-0.3, -0.25) is 0 Å². The average molecular weight is 238 g/mol. The van der Waals surface area contributed by atoms with Gasteiger partial charge in [0.25, 0.3) is 5.88 Å². The van der Waals surface area contributed by atoms with Gasteiger partial charge in [-0.1, -0.05) is 12.1 Å². The summed E-state index contributed by atoms with van der Waals surface area (Å²) < 4.78 is 22.0. The molecule has 3 N–H and O–H groups in total. The summed E-state index contributed by atoms with van der Waals surface area (Å²) in [7, 11) is 0. The molecule has 2 rings (SSSR count). The summed E-state index contributed by atoms with van der Waals surface area (Å²) in [5, 5.41) is 11.8. The zero-order valence-corrected chi connectivity index (χ0v) is 8.38. The quantitative estimate of drug-likeness (QED) is 0.777. The van der Waals surface area contributed by atoms with Crippen LogP contribution in [0.15, 0.2) is 28.8 Å². The first-order valence-electron chi connectivity index (χ1n) is 4.50. The van der Waals surface area contributed by atoms with Gasteiger partial charge in [-0.2, -0.15) is 0 Å².